The van der Waals surface area contributed by atoms with Crippen molar-refractivity contribution >= 4 is 21.9 Å². The van der Waals surface area contributed by atoms with Crippen LogP contribution in [0.15, 0.2) is 22.7 Å². The van der Waals surface area contributed by atoms with E-state index in [9.17, 15) is 4.79 Å². The van der Waals surface area contributed by atoms with E-state index in [0.717, 1.165) is 24.1 Å². The van der Waals surface area contributed by atoms with Crippen molar-refractivity contribution in [2.45, 2.75) is 25.4 Å². The second-order valence-corrected chi connectivity index (χ2v) is 6.05. The maximum Gasteiger partial charge on any atom is 0.337 e. The number of benzene rings is 1. The zero-order chi connectivity index (χ0) is 14.5. The Kier molecular flexibility index (Phi) is 5.57. The molecule has 5 heteroatoms. The lowest BCUT2D eigenvalue weighted by molar-refractivity contribution is 0.0600. The number of rotatable bonds is 4. The van der Waals surface area contributed by atoms with E-state index in [0.29, 0.717) is 11.6 Å². The van der Waals surface area contributed by atoms with Crippen LogP contribution in [0, 0.1) is 0 Å². The van der Waals surface area contributed by atoms with Gasteiger partial charge in [-0.2, -0.15) is 0 Å². The molecule has 0 radical (unpaired) electrons. The summed E-state index contributed by atoms with van der Waals surface area (Å²) in [5.41, 5.74) is 1.77. The number of halogens is 1. The largest absolute Gasteiger partial charge is 0.465 e. The number of piperidine rings is 1. The summed E-state index contributed by atoms with van der Waals surface area (Å²) in [6, 6.07) is 6.27. The zero-order valence-corrected chi connectivity index (χ0v) is 13.6. The molecule has 20 heavy (non-hydrogen) atoms. The first-order valence-corrected chi connectivity index (χ1v) is 7.69. The van der Waals surface area contributed by atoms with Gasteiger partial charge in [0.25, 0.3) is 0 Å². The lowest BCUT2D eigenvalue weighted by Crippen LogP contribution is -2.40. The molecule has 0 aromatic heterocycles. The van der Waals surface area contributed by atoms with Gasteiger partial charge in [-0.25, -0.2) is 4.79 Å². The molecule has 1 saturated heterocycles. The Morgan fingerprint density at radius 1 is 1.45 bits per heavy atom. The van der Waals surface area contributed by atoms with Crippen LogP contribution in [0.25, 0.3) is 0 Å². The van der Waals surface area contributed by atoms with Gasteiger partial charge in [-0.3, -0.25) is 4.90 Å². The minimum absolute atomic E-state index is 0.302. The Bertz CT molecular complexity index is 473. The summed E-state index contributed by atoms with van der Waals surface area (Å²) in [4.78, 5) is 13.9. The van der Waals surface area contributed by atoms with Crippen LogP contribution in [0.1, 0.15) is 28.8 Å². The van der Waals surface area contributed by atoms with E-state index in [1.807, 2.05) is 18.2 Å². The van der Waals surface area contributed by atoms with Gasteiger partial charge in [-0.1, -0.05) is 22.0 Å². The molecule has 1 N–H and O–H groups in total. The third-order valence-electron chi connectivity index (χ3n) is 3.83. The second kappa shape index (κ2) is 7.20. The molecule has 0 amide bonds. The highest BCUT2D eigenvalue weighted by Crippen LogP contribution is 2.22. The fourth-order valence-electron chi connectivity index (χ4n) is 2.57. The van der Waals surface area contributed by atoms with Crippen molar-refractivity contribution in [3.05, 3.63) is 33.8 Å². The highest BCUT2D eigenvalue weighted by molar-refractivity contribution is 9.10. The van der Waals surface area contributed by atoms with Crippen LogP contribution in [-0.4, -0.2) is 44.2 Å². The number of hydrogen-bond donors (Lipinski definition) is 1. The van der Waals surface area contributed by atoms with Crippen LogP contribution in [0.5, 0.6) is 0 Å². The summed E-state index contributed by atoms with van der Waals surface area (Å²) >= 11 is 3.55. The summed E-state index contributed by atoms with van der Waals surface area (Å²) < 4.78 is 5.69. The average Bonchev–Trinajstić information content (AvgIpc) is 2.49. The Morgan fingerprint density at radius 3 is 2.75 bits per heavy atom. The van der Waals surface area contributed by atoms with Crippen LogP contribution in [0.2, 0.25) is 0 Å². The first-order valence-electron chi connectivity index (χ1n) is 6.89. The van der Waals surface area contributed by atoms with E-state index in [-0.39, 0.29) is 5.97 Å². The summed E-state index contributed by atoms with van der Waals surface area (Å²) in [6.45, 7) is 3.07. The number of nitrogens with one attached hydrogen (secondary N) is 1. The Morgan fingerprint density at radius 2 is 2.15 bits per heavy atom. The third kappa shape index (κ3) is 3.81. The Balaban J connectivity index is 2.03. The van der Waals surface area contributed by atoms with E-state index < -0.39 is 0 Å². The maximum atomic E-state index is 11.5. The minimum Gasteiger partial charge on any atom is -0.465 e. The smallest absolute Gasteiger partial charge is 0.337 e. The summed E-state index contributed by atoms with van der Waals surface area (Å²) in [5.74, 6) is -0.302. The highest BCUT2D eigenvalue weighted by atomic mass is 79.9. The molecule has 1 aromatic rings. The van der Waals surface area contributed by atoms with Crippen molar-refractivity contribution in [1.82, 2.24) is 10.2 Å². The zero-order valence-electron chi connectivity index (χ0n) is 12.0. The maximum absolute atomic E-state index is 11.5. The van der Waals surface area contributed by atoms with Crippen molar-refractivity contribution in [2.24, 2.45) is 0 Å². The average molecular weight is 341 g/mol. The number of carbonyl (C=O) groups excluding carboxylic acids is 1. The number of esters is 1. The fraction of sp³-hybridized carbons (Fsp3) is 0.533. The molecular formula is C15H21BrN2O2. The fourth-order valence-corrected chi connectivity index (χ4v) is 3.07. The Labute approximate surface area is 128 Å². The van der Waals surface area contributed by atoms with Gasteiger partial charge in [-0.05, 0) is 50.7 Å². The van der Waals surface area contributed by atoms with Gasteiger partial charge in [-0.15, -0.1) is 0 Å². The number of ether oxygens (including phenoxy) is 1. The SMILES string of the molecule is COC(=O)c1ccc(CN(C)C2CCNCC2)c(Br)c1. The molecule has 0 atom stereocenters. The molecule has 0 saturated carbocycles. The van der Waals surface area contributed by atoms with Gasteiger partial charge in [0.15, 0.2) is 0 Å². The van der Waals surface area contributed by atoms with Gasteiger partial charge in [0, 0.05) is 17.1 Å². The molecule has 0 aliphatic carbocycles. The van der Waals surface area contributed by atoms with Crippen LogP contribution in [0.4, 0.5) is 0 Å². The molecule has 0 spiro atoms. The van der Waals surface area contributed by atoms with Crippen LogP contribution in [0.3, 0.4) is 0 Å². The molecule has 0 unspecified atom stereocenters. The highest BCUT2D eigenvalue weighted by Gasteiger charge is 2.18. The summed E-state index contributed by atoms with van der Waals surface area (Å²) in [6.07, 6.45) is 2.38. The van der Waals surface area contributed by atoms with Crippen molar-refractivity contribution < 1.29 is 9.53 Å². The topological polar surface area (TPSA) is 41.6 Å². The molecule has 2 rings (SSSR count). The van der Waals surface area contributed by atoms with E-state index in [2.05, 4.69) is 33.2 Å². The molecule has 1 aromatic carbocycles. The number of nitrogens with zero attached hydrogens (tertiary/aromatic N) is 1. The molecule has 1 heterocycles. The number of methoxy groups -OCH3 is 1. The molecule has 1 aliphatic heterocycles. The minimum atomic E-state index is -0.302. The first-order chi connectivity index (χ1) is 9.61. The van der Waals surface area contributed by atoms with Crippen molar-refractivity contribution in [1.29, 1.82) is 0 Å². The van der Waals surface area contributed by atoms with Gasteiger partial charge >= 0.3 is 5.97 Å². The van der Waals surface area contributed by atoms with E-state index in [4.69, 9.17) is 4.74 Å². The number of carbonyl (C=O) groups is 1. The van der Waals surface area contributed by atoms with Gasteiger partial charge in [0.1, 0.15) is 0 Å². The van der Waals surface area contributed by atoms with Crippen molar-refractivity contribution in [2.75, 3.05) is 27.2 Å². The van der Waals surface area contributed by atoms with Gasteiger partial charge < -0.3 is 10.1 Å². The summed E-state index contributed by atoms with van der Waals surface area (Å²) in [7, 11) is 3.56. The van der Waals surface area contributed by atoms with Crippen LogP contribution >= 0.6 is 15.9 Å². The molecule has 110 valence electrons. The van der Waals surface area contributed by atoms with Gasteiger partial charge in [0.05, 0.1) is 12.7 Å². The molecule has 1 fully saturated rings. The van der Waals surface area contributed by atoms with E-state index in [1.54, 1.807) is 0 Å². The van der Waals surface area contributed by atoms with Crippen molar-refractivity contribution in [3.8, 4) is 0 Å². The van der Waals surface area contributed by atoms with Crippen LogP contribution in [-0.2, 0) is 11.3 Å². The molecule has 0 bridgehead atoms. The van der Waals surface area contributed by atoms with Crippen LogP contribution < -0.4 is 5.32 Å². The third-order valence-corrected chi connectivity index (χ3v) is 4.56. The lowest BCUT2D eigenvalue weighted by Gasteiger charge is -2.31. The first kappa shape index (κ1) is 15.5. The lowest BCUT2D eigenvalue weighted by atomic mass is 10.0. The quantitative estimate of drug-likeness (QED) is 0.854. The van der Waals surface area contributed by atoms with Gasteiger partial charge in [0.2, 0.25) is 0 Å². The summed E-state index contributed by atoms with van der Waals surface area (Å²) in [5, 5.41) is 3.38. The standard InChI is InChI=1S/C15H21BrN2O2/c1-18(13-5-7-17-8-6-13)10-12-4-3-11(9-14(12)16)15(19)20-2/h3-4,9,13,17H,5-8,10H2,1-2H3. The second-order valence-electron chi connectivity index (χ2n) is 5.19. The monoisotopic (exact) mass is 340 g/mol. The molecule has 1 aliphatic rings. The number of hydrogen-bond acceptors (Lipinski definition) is 4. The van der Waals surface area contributed by atoms with E-state index >= 15 is 0 Å². The predicted molar refractivity (Wildman–Crippen MR) is 82.8 cm³/mol. The Hall–Kier alpha value is -0.910. The normalized spacial score (nSPS) is 16.4. The van der Waals surface area contributed by atoms with E-state index in [1.165, 1.54) is 25.5 Å². The van der Waals surface area contributed by atoms with Crippen molar-refractivity contribution in [3.63, 3.8) is 0 Å². The predicted octanol–water partition coefficient (Wildman–Crippen LogP) is 2.42. The molecule has 4 nitrogen and oxygen atoms in total. The molecular weight excluding hydrogens is 320 g/mol.